The zero-order valence-corrected chi connectivity index (χ0v) is 17.0. The van der Waals surface area contributed by atoms with Crippen LogP contribution < -0.4 is 10.0 Å². The molecule has 0 spiro atoms. The highest BCUT2D eigenvalue weighted by molar-refractivity contribution is 7.90. The number of aromatic nitrogens is 4. The second-order valence-electron chi connectivity index (χ2n) is 7.00. The summed E-state index contributed by atoms with van der Waals surface area (Å²) in [6.07, 6.45) is 0.594. The van der Waals surface area contributed by atoms with E-state index in [0.717, 1.165) is 6.07 Å². The SMILES string of the molecule is C.O=S(=O)(NCC(Nc1ncc(-c2nnc(C(F)F)o2)cn1)c1ccc(F)cc1F)C1CC1. The minimum Gasteiger partial charge on any atom is -0.415 e. The Kier molecular flexibility index (Phi) is 7.27. The van der Waals surface area contributed by atoms with Crippen LogP contribution in [0.2, 0.25) is 0 Å². The molecular formula is C19H20F4N6O3S. The topological polar surface area (TPSA) is 123 Å². The number of alkyl halides is 2. The van der Waals surface area contributed by atoms with E-state index in [1.807, 2.05) is 0 Å². The molecule has 0 bridgehead atoms. The van der Waals surface area contributed by atoms with Crippen LogP contribution in [0.25, 0.3) is 11.5 Å². The maximum Gasteiger partial charge on any atom is 0.314 e. The fraction of sp³-hybridized carbons (Fsp3) is 0.368. The molecule has 0 aliphatic heterocycles. The van der Waals surface area contributed by atoms with E-state index in [1.54, 1.807) is 0 Å². The first-order valence-corrected chi connectivity index (χ1v) is 10.9. The largest absolute Gasteiger partial charge is 0.415 e. The number of hydrogen-bond donors (Lipinski definition) is 2. The van der Waals surface area contributed by atoms with Gasteiger partial charge in [-0.05, 0) is 18.9 Å². The highest BCUT2D eigenvalue weighted by atomic mass is 32.2. The van der Waals surface area contributed by atoms with E-state index in [0.29, 0.717) is 18.9 Å². The lowest BCUT2D eigenvalue weighted by molar-refractivity contribution is 0.116. The first-order valence-electron chi connectivity index (χ1n) is 9.37. The Balaban J connectivity index is 0.00000306. The number of halogens is 4. The van der Waals surface area contributed by atoms with Crippen molar-refractivity contribution in [3.63, 3.8) is 0 Å². The molecule has 178 valence electrons. The Morgan fingerprint density at radius 1 is 1.12 bits per heavy atom. The van der Waals surface area contributed by atoms with Gasteiger partial charge in [-0.3, -0.25) is 0 Å². The molecule has 3 aromatic rings. The van der Waals surface area contributed by atoms with Crippen LogP contribution in [0.5, 0.6) is 0 Å². The molecule has 1 atom stereocenters. The lowest BCUT2D eigenvalue weighted by atomic mass is 10.1. The Bertz CT molecular complexity index is 1200. The normalized spacial score (nSPS) is 14.7. The van der Waals surface area contributed by atoms with Gasteiger partial charge in [0.2, 0.25) is 16.0 Å². The van der Waals surface area contributed by atoms with Crippen LogP contribution in [0.3, 0.4) is 0 Å². The van der Waals surface area contributed by atoms with Crippen molar-refractivity contribution in [2.45, 2.75) is 38.0 Å². The molecule has 0 radical (unpaired) electrons. The molecule has 1 unspecified atom stereocenters. The molecule has 2 N–H and O–H groups in total. The van der Waals surface area contributed by atoms with Gasteiger partial charge in [0.1, 0.15) is 11.6 Å². The molecule has 1 aliphatic rings. The third-order valence-electron chi connectivity index (χ3n) is 4.62. The van der Waals surface area contributed by atoms with Crippen molar-refractivity contribution >= 4 is 16.0 Å². The van der Waals surface area contributed by atoms with E-state index in [-0.39, 0.29) is 36.9 Å². The lowest BCUT2D eigenvalue weighted by Gasteiger charge is -2.20. The summed E-state index contributed by atoms with van der Waals surface area (Å²) in [6.45, 7) is -0.242. The van der Waals surface area contributed by atoms with Crippen molar-refractivity contribution in [1.29, 1.82) is 0 Å². The summed E-state index contributed by atoms with van der Waals surface area (Å²) in [5.74, 6) is -2.76. The molecule has 1 aliphatic carbocycles. The number of nitrogens with one attached hydrogen (secondary N) is 2. The van der Waals surface area contributed by atoms with E-state index in [9.17, 15) is 26.0 Å². The zero-order valence-electron chi connectivity index (χ0n) is 16.2. The van der Waals surface area contributed by atoms with Crippen LogP contribution in [-0.4, -0.2) is 40.4 Å². The molecule has 1 fully saturated rings. The van der Waals surface area contributed by atoms with Crippen LogP contribution in [-0.2, 0) is 10.0 Å². The van der Waals surface area contributed by atoms with Crippen LogP contribution in [0.4, 0.5) is 23.5 Å². The molecular weight excluding hydrogens is 468 g/mol. The molecule has 0 saturated heterocycles. The number of hydrogen-bond acceptors (Lipinski definition) is 8. The zero-order chi connectivity index (χ0) is 22.9. The minimum atomic E-state index is -3.57. The van der Waals surface area contributed by atoms with Crippen LogP contribution in [0.15, 0.2) is 35.0 Å². The van der Waals surface area contributed by atoms with Crippen molar-refractivity contribution in [2.24, 2.45) is 0 Å². The first kappa shape index (κ1) is 24.5. The number of sulfonamides is 1. The van der Waals surface area contributed by atoms with Crippen molar-refractivity contribution in [2.75, 3.05) is 11.9 Å². The molecule has 0 amide bonds. The average molecular weight is 488 g/mol. The van der Waals surface area contributed by atoms with Crippen LogP contribution in [0.1, 0.15) is 44.2 Å². The number of rotatable bonds is 9. The van der Waals surface area contributed by atoms with Gasteiger partial charge in [-0.2, -0.15) is 8.78 Å². The predicted octanol–water partition coefficient (Wildman–Crippen LogP) is 3.61. The molecule has 33 heavy (non-hydrogen) atoms. The Morgan fingerprint density at radius 3 is 2.39 bits per heavy atom. The van der Waals surface area contributed by atoms with Crippen molar-refractivity contribution in [1.82, 2.24) is 24.9 Å². The maximum absolute atomic E-state index is 14.4. The summed E-state index contributed by atoms with van der Waals surface area (Å²) >= 11 is 0. The minimum absolute atomic E-state index is 0. The lowest BCUT2D eigenvalue weighted by Crippen LogP contribution is -2.34. The predicted molar refractivity (Wildman–Crippen MR) is 110 cm³/mol. The Hall–Kier alpha value is -3.13. The highest BCUT2D eigenvalue weighted by Crippen LogP contribution is 2.28. The Morgan fingerprint density at radius 2 is 1.82 bits per heavy atom. The third-order valence-corrected chi connectivity index (χ3v) is 6.54. The van der Waals surface area contributed by atoms with Gasteiger partial charge in [-0.15, -0.1) is 10.2 Å². The number of anilines is 1. The van der Waals surface area contributed by atoms with E-state index < -0.39 is 45.3 Å². The first-order chi connectivity index (χ1) is 15.2. The fourth-order valence-electron chi connectivity index (χ4n) is 2.83. The molecule has 1 saturated carbocycles. The third kappa shape index (κ3) is 5.82. The van der Waals surface area contributed by atoms with Crippen LogP contribution >= 0.6 is 0 Å². The number of nitrogens with zero attached hydrogens (tertiary/aromatic N) is 4. The van der Waals surface area contributed by atoms with Gasteiger partial charge < -0.3 is 9.73 Å². The summed E-state index contributed by atoms with van der Waals surface area (Å²) in [4.78, 5) is 8.00. The Labute approximate surface area is 186 Å². The summed E-state index contributed by atoms with van der Waals surface area (Å²) in [5, 5.41) is 9.01. The van der Waals surface area contributed by atoms with Crippen LogP contribution in [0, 0.1) is 11.6 Å². The quantitative estimate of drug-likeness (QED) is 0.438. The van der Waals surface area contributed by atoms with Crippen molar-refractivity contribution in [3.05, 3.63) is 53.7 Å². The standard InChI is InChI=1S/C18H16F4N6O3S.CH4/c19-10-1-4-12(13(20)5-10)14(8-25-32(29,30)11-2-3-11)26-18-23-6-9(7-24-18)16-27-28-17(31-16)15(21)22;/h1,4-7,11,14-15,25H,2-3,8H2,(H,23,24,26);1H4. The fourth-order valence-corrected chi connectivity index (χ4v) is 4.22. The van der Waals surface area contributed by atoms with E-state index in [4.69, 9.17) is 4.42 Å². The summed E-state index contributed by atoms with van der Waals surface area (Å²) in [5.41, 5.74) is 0.157. The van der Waals surface area contributed by atoms with Gasteiger partial charge >= 0.3 is 6.43 Å². The second kappa shape index (κ2) is 9.79. The monoisotopic (exact) mass is 488 g/mol. The second-order valence-corrected chi connectivity index (χ2v) is 9.04. The van der Waals surface area contributed by atoms with Gasteiger partial charge in [0, 0.05) is 30.6 Å². The molecule has 9 nitrogen and oxygen atoms in total. The maximum atomic E-state index is 14.4. The van der Waals surface area contributed by atoms with Crippen molar-refractivity contribution < 1.29 is 30.4 Å². The molecule has 4 rings (SSSR count). The smallest absolute Gasteiger partial charge is 0.314 e. The van der Waals surface area contributed by atoms with E-state index in [1.165, 1.54) is 18.5 Å². The van der Waals surface area contributed by atoms with Gasteiger partial charge in [0.25, 0.3) is 11.8 Å². The van der Waals surface area contributed by atoms with Gasteiger partial charge in [0.15, 0.2) is 0 Å². The van der Waals surface area contributed by atoms with E-state index in [2.05, 4.69) is 30.2 Å². The summed E-state index contributed by atoms with van der Waals surface area (Å²) < 4.78 is 84.4. The molecule has 2 heterocycles. The average Bonchev–Trinajstić information content (AvgIpc) is 3.50. The summed E-state index contributed by atoms with van der Waals surface area (Å²) in [6, 6.07) is 1.94. The van der Waals surface area contributed by atoms with Gasteiger partial charge in [-0.25, -0.2) is 31.9 Å². The van der Waals surface area contributed by atoms with E-state index >= 15 is 0 Å². The number of benzene rings is 1. The molecule has 1 aromatic carbocycles. The van der Waals surface area contributed by atoms with Crippen molar-refractivity contribution in [3.8, 4) is 11.5 Å². The summed E-state index contributed by atoms with van der Waals surface area (Å²) in [7, 11) is -3.57. The van der Waals surface area contributed by atoms with Gasteiger partial charge in [-0.1, -0.05) is 13.5 Å². The van der Waals surface area contributed by atoms with Gasteiger partial charge in [0.05, 0.1) is 16.9 Å². The molecule has 14 heteroatoms. The highest BCUT2D eigenvalue weighted by Gasteiger charge is 2.36. The molecule has 2 aromatic heterocycles.